The summed E-state index contributed by atoms with van der Waals surface area (Å²) < 4.78 is 30.0. The van der Waals surface area contributed by atoms with Gasteiger partial charge in [0.2, 0.25) is 5.91 Å². The van der Waals surface area contributed by atoms with Crippen LogP contribution in [0.3, 0.4) is 0 Å². The Morgan fingerprint density at radius 1 is 1.07 bits per heavy atom. The molecule has 0 aromatic heterocycles. The maximum absolute atomic E-state index is 14.1. The van der Waals surface area contributed by atoms with Crippen molar-refractivity contribution in [2.75, 3.05) is 27.9 Å². The number of methoxy groups -OCH3 is 2. The number of nitrogens with one attached hydrogen (secondary N) is 1. The summed E-state index contributed by atoms with van der Waals surface area (Å²) in [6, 6.07) is 10.2. The first-order valence-electron chi connectivity index (χ1n) is 9.00. The average Bonchev–Trinajstić information content (AvgIpc) is 2.75. The van der Waals surface area contributed by atoms with Crippen molar-refractivity contribution in [1.29, 1.82) is 0 Å². The standard InChI is InChI=1S/C21H25FN2O5/c1-14(21(26)23-2)24(12-15-7-5-6-8-19(15)22)20(25)13-29-18-10-16(27-3)9-17(11-18)28-4/h5-11,14H,12-13H2,1-4H3,(H,23,26). The topological polar surface area (TPSA) is 77.1 Å². The van der Waals surface area contributed by atoms with Crippen LogP contribution >= 0.6 is 0 Å². The lowest BCUT2D eigenvalue weighted by Crippen LogP contribution is -2.48. The van der Waals surface area contributed by atoms with Gasteiger partial charge in [-0.2, -0.15) is 0 Å². The van der Waals surface area contributed by atoms with E-state index in [2.05, 4.69) is 5.32 Å². The Bertz CT molecular complexity index is 836. The van der Waals surface area contributed by atoms with Crippen molar-refractivity contribution >= 4 is 11.8 Å². The van der Waals surface area contributed by atoms with Crippen LogP contribution in [0, 0.1) is 5.82 Å². The van der Waals surface area contributed by atoms with Gasteiger partial charge in [-0.05, 0) is 13.0 Å². The van der Waals surface area contributed by atoms with Gasteiger partial charge in [-0.1, -0.05) is 18.2 Å². The third kappa shape index (κ3) is 5.84. The largest absolute Gasteiger partial charge is 0.496 e. The van der Waals surface area contributed by atoms with Crippen LogP contribution in [0.5, 0.6) is 17.2 Å². The highest BCUT2D eigenvalue weighted by molar-refractivity contribution is 5.87. The second kappa shape index (κ2) is 10.3. The minimum atomic E-state index is -0.810. The molecule has 2 aromatic rings. The van der Waals surface area contributed by atoms with E-state index in [1.807, 2.05) is 0 Å². The Morgan fingerprint density at radius 2 is 1.66 bits per heavy atom. The molecule has 0 spiro atoms. The summed E-state index contributed by atoms with van der Waals surface area (Å²) >= 11 is 0. The molecular weight excluding hydrogens is 379 g/mol. The number of carbonyl (C=O) groups excluding carboxylic acids is 2. The van der Waals surface area contributed by atoms with Crippen molar-refractivity contribution in [2.24, 2.45) is 0 Å². The monoisotopic (exact) mass is 404 g/mol. The molecule has 2 rings (SSSR count). The van der Waals surface area contributed by atoms with E-state index < -0.39 is 17.8 Å². The number of rotatable bonds is 9. The fourth-order valence-corrected chi connectivity index (χ4v) is 2.69. The van der Waals surface area contributed by atoms with Gasteiger partial charge in [0, 0.05) is 37.4 Å². The second-order valence-electron chi connectivity index (χ2n) is 6.24. The fraction of sp³-hybridized carbons (Fsp3) is 0.333. The molecule has 0 fully saturated rings. The third-order valence-electron chi connectivity index (χ3n) is 4.40. The van der Waals surface area contributed by atoms with Crippen molar-refractivity contribution in [3.8, 4) is 17.2 Å². The van der Waals surface area contributed by atoms with Crippen LogP contribution in [0.4, 0.5) is 4.39 Å². The van der Waals surface area contributed by atoms with Crippen LogP contribution in [-0.2, 0) is 16.1 Å². The van der Waals surface area contributed by atoms with E-state index in [0.29, 0.717) is 22.8 Å². The summed E-state index contributed by atoms with van der Waals surface area (Å²) in [5.41, 5.74) is 0.305. The van der Waals surface area contributed by atoms with Crippen molar-refractivity contribution in [3.63, 3.8) is 0 Å². The zero-order valence-corrected chi connectivity index (χ0v) is 16.9. The molecule has 156 valence electrons. The lowest BCUT2D eigenvalue weighted by atomic mass is 10.1. The van der Waals surface area contributed by atoms with Crippen LogP contribution in [0.15, 0.2) is 42.5 Å². The van der Waals surface area contributed by atoms with Crippen LogP contribution in [0.2, 0.25) is 0 Å². The van der Waals surface area contributed by atoms with Crippen LogP contribution in [0.1, 0.15) is 12.5 Å². The van der Waals surface area contributed by atoms with Gasteiger partial charge in [0.15, 0.2) is 6.61 Å². The molecule has 1 atom stereocenters. The van der Waals surface area contributed by atoms with Gasteiger partial charge in [-0.25, -0.2) is 4.39 Å². The van der Waals surface area contributed by atoms with E-state index in [9.17, 15) is 14.0 Å². The molecule has 0 heterocycles. The number of nitrogens with zero attached hydrogens (tertiary/aromatic N) is 1. The molecule has 0 saturated carbocycles. The average molecular weight is 404 g/mol. The van der Waals surface area contributed by atoms with Gasteiger partial charge in [-0.3, -0.25) is 9.59 Å². The molecule has 1 N–H and O–H groups in total. The molecule has 0 saturated heterocycles. The molecular formula is C21H25FN2O5. The Morgan fingerprint density at radius 3 is 2.21 bits per heavy atom. The van der Waals surface area contributed by atoms with Crippen LogP contribution < -0.4 is 19.5 Å². The van der Waals surface area contributed by atoms with Gasteiger partial charge >= 0.3 is 0 Å². The van der Waals surface area contributed by atoms with E-state index in [0.717, 1.165) is 0 Å². The van der Waals surface area contributed by atoms with Gasteiger partial charge in [0.1, 0.15) is 29.1 Å². The number of carbonyl (C=O) groups is 2. The summed E-state index contributed by atoms with van der Waals surface area (Å²) in [7, 11) is 4.49. The quantitative estimate of drug-likeness (QED) is 0.695. The summed E-state index contributed by atoms with van der Waals surface area (Å²) in [6.45, 7) is 1.17. The molecule has 2 aromatic carbocycles. The molecule has 0 aliphatic rings. The maximum atomic E-state index is 14.1. The van der Waals surface area contributed by atoms with E-state index in [4.69, 9.17) is 14.2 Å². The lowest BCUT2D eigenvalue weighted by molar-refractivity contribution is -0.142. The number of halogens is 1. The van der Waals surface area contributed by atoms with E-state index in [1.54, 1.807) is 43.3 Å². The number of ether oxygens (including phenoxy) is 3. The highest BCUT2D eigenvalue weighted by Crippen LogP contribution is 2.27. The maximum Gasteiger partial charge on any atom is 0.261 e. The summed E-state index contributed by atoms with van der Waals surface area (Å²) in [5.74, 6) is 0.104. The molecule has 0 aliphatic heterocycles. The van der Waals surface area contributed by atoms with Gasteiger partial charge < -0.3 is 24.4 Å². The second-order valence-corrected chi connectivity index (χ2v) is 6.24. The summed E-state index contributed by atoms with van der Waals surface area (Å²) in [6.07, 6.45) is 0. The predicted octanol–water partition coefficient (Wildman–Crippen LogP) is 2.38. The highest BCUT2D eigenvalue weighted by atomic mass is 19.1. The van der Waals surface area contributed by atoms with Gasteiger partial charge in [-0.15, -0.1) is 0 Å². The van der Waals surface area contributed by atoms with E-state index >= 15 is 0 Å². The minimum Gasteiger partial charge on any atom is -0.496 e. The number of benzene rings is 2. The first-order chi connectivity index (χ1) is 13.9. The normalized spacial score (nSPS) is 11.3. The number of hydrogen-bond acceptors (Lipinski definition) is 5. The molecule has 1 unspecified atom stereocenters. The Hall–Kier alpha value is -3.29. The predicted molar refractivity (Wildman–Crippen MR) is 106 cm³/mol. The van der Waals surface area contributed by atoms with Gasteiger partial charge in [0.05, 0.1) is 14.2 Å². The minimum absolute atomic E-state index is 0.0646. The first-order valence-corrected chi connectivity index (χ1v) is 9.00. The first kappa shape index (κ1) is 22.0. The molecule has 0 aliphatic carbocycles. The van der Waals surface area contributed by atoms with Crippen molar-refractivity contribution in [2.45, 2.75) is 19.5 Å². The Labute approximate surface area is 169 Å². The van der Waals surface area contributed by atoms with Gasteiger partial charge in [0.25, 0.3) is 5.91 Å². The SMILES string of the molecule is CNC(=O)C(C)N(Cc1ccccc1F)C(=O)COc1cc(OC)cc(OC)c1. The smallest absolute Gasteiger partial charge is 0.261 e. The van der Waals surface area contributed by atoms with E-state index in [-0.39, 0.29) is 19.1 Å². The van der Waals surface area contributed by atoms with Crippen LogP contribution in [-0.4, -0.2) is 50.6 Å². The molecule has 0 radical (unpaired) electrons. The molecule has 0 bridgehead atoms. The van der Waals surface area contributed by atoms with Crippen molar-refractivity contribution in [1.82, 2.24) is 10.2 Å². The third-order valence-corrected chi connectivity index (χ3v) is 4.40. The van der Waals surface area contributed by atoms with Crippen LogP contribution in [0.25, 0.3) is 0 Å². The summed E-state index contributed by atoms with van der Waals surface area (Å²) in [4.78, 5) is 26.2. The zero-order valence-electron chi connectivity index (χ0n) is 16.9. The molecule has 2 amide bonds. The number of hydrogen-bond donors (Lipinski definition) is 1. The number of amides is 2. The molecule has 7 nitrogen and oxygen atoms in total. The lowest BCUT2D eigenvalue weighted by Gasteiger charge is -2.28. The zero-order chi connectivity index (χ0) is 21.4. The highest BCUT2D eigenvalue weighted by Gasteiger charge is 2.26. The fourth-order valence-electron chi connectivity index (χ4n) is 2.69. The molecule has 8 heteroatoms. The molecule has 29 heavy (non-hydrogen) atoms. The van der Waals surface area contributed by atoms with Crippen molar-refractivity contribution in [3.05, 3.63) is 53.8 Å². The van der Waals surface area contributed by atoms with E-state index in [1.165, 1.54) is 32.2 Å². The Kier molecular flexibility index (Phi) is 7.82. The number of likely N-dealkylation sites (N-methyl/N-ethyl adjacent to an activating group) is 1. The Balaban J connectivity index is 2.19. The van der Waals surface area contributed by atoms with Crippen molar-refractivity contribution < 1.29 is 28.2 Å². The summed E-state index contributed by atoms with van der Waals surface area (Å²) in [5, 5.41) is 2.50.